The van der Waals surface area contributed by atoms with Crippen molar-refractivity contribution in [3.8, 4) is 0 Å². The van der Waals surface area contributed by atoms with Crippen molar-refractivity contribution < 1.29 is 9.84 Å². The fourth-order valence-corrected chi connectivity index (χ4v) is 2.43. The van der Waals surface area contributed by atoms with Crippen molar-refractivity contribution in [2.75, 3.05) is 20.3 Å². The van der Waals surface area contributed by atoms with E-state index in [1.54, 1.807) is 18.4 Å². The summed E-state index contributed by atoms with van der Waals surface area (Å²) in [7, 11) is 1.60. The van der Waals surface area contributed by atoms with Crippen molar-refractivity contribution in [2.24, 2.45) is 0 Å². The molecule has 0 bridgehead atoms. The van der Waals surface area contributed by atoms with Crippen LogP contribution in [-0.2, 0) is 16.7 Å². The number of nitrogens with one attached hydrogen (secondary N) is 1. The summed E-state index contributed by atoms with van der Waals surface area (Å²) in [6.07, 6.45) is 2.26. The predicted molar refractivity (Wildman–Crippen MR) is 75.0 cm³/mol. The van der Waals surface area contributed by atoms with Gasteiger partial charge in [-0.2, -0.15) is 0 Å². The number of methoxy groups -OCH3 is 1. The first-order chi connectivity index (χ1) is 8.43. The highest BCUT2D eigenvalue weighted by molar-refractivity contribution is 7.11. The van der Waals surface area contributed by atoms with Crippen LogP contribution in [0.1, 0.15) is 37.1 Å². The van der Waals surface area contributed by atoms with Crippen LogP contribution in [0.2, 0.25) is 0 Å². The summed E-state index contributed by atoms with van der Waals surface area (Å²) < 4.78 is 4.87. The van der Waals surface area contributed by atoms with E-state index >= 15 is 0 Å². The first-order valence-electron chi connectivity index (χ1n) is 6.26. The zero-order valence-electron chi connectivity index (χ0n) is 11.7. The Kier molecular flexibility index (Phi) is 6.21. The number of ether oxygens (including phenoxy) is 1. The summed E-state index contributed by atoms with van der Waals surface area (Å²) in [5.74, 6) is 0. The molecule has 1 atom stereocenters. The Morgan fingerprint density at radius 1 is 1.50 bits per heavy atom. The second-order valence-corrected chi connectivity index (χ2v) is 6.57. The lowest BCUT2D eigenvalue weighted by molar-refractivity contribution is 0.0594. The van der Waals surface area contributed by atoms with Crippen LogP contribution in [0.4, 0.5) is 0 Å². The topological polar surface area (TPSA) is 54.4 Å². The Labute approximate surface area is 113 Å². The summed E-state index contributed by atoms with van der Waals surface area (Å²) in [6, 6.07) is 0. The molecular formula is C13H24N2O2S. The maximum absolute atomic E-state index is 9.48. The first-order valence-corrected chi connectivity index (χ1v) is 7.08. The number of aliphatic hydroxyl groups is 1. The lowest BCUT2D eigenvalue weighted by Gasteiger charge is -2.13. The molecule has 0 aliphatic carbocycles. The molecule has 0 aromatic carbocycles. The standard InChI is InChI=1S/C13H24N2O2S/c1-13(2,3)12-15-8-11(18-12)7-14-6-5-10(16)9-17-4/h8,10,14,16H,5-7,9H2,1-4H3. The average Bonchev–Trinajstić information content (AvgIpc) is 2.73. The predicted octanol–water partition coefficient (Wildman–Crippen LogP) is 1.93. The number of nitrogens with zero attached hydrogens (tertiary/aromatic N) is 1. The Bertz CT molecular complexity index is 347. The van der Waals surface area contributed by atoms with E-state index in [9.17, 15) is 5.11 Å². The molecule has 1 heterocycles. The maximum atomic E-state index is 9.48. The zero-order valence-corrected chi connectivity index (χ0v) is 12.5. The van der Waals surface area contributed by atoms with Crippen molar-refractivity contribution in [2.45, 2.75) is 45.3 Å². The third kappa shape index (κ3) is 5.44. The lowest BCUT2D eigenvalue weighted by Crippen LogP contribution is -2.22. The summed E-state index contributed by atoms with van der Waals surface area (Å²) >= 11 is 1.75. The van der Waals surface area contributed by atoms with Crippen LogP contribution in [0.25, 0.3) is 0 Å². The van der Waals surface area contributed by atoms with E-state index in [0.717, 1.165) is 13.1 Å². The molecule has 1 rings (SSSR count). The van der Waals surface area contributed by atoms with E-state index in [2.05, 4.69) is 31.1 Å². The van der Waals surface area contributed by atoms with Gasteiger partial charge in [0, 0.05) is 30.1 Å². The smallest absolute Gasteiger partial charge is 0.0981 e. The molecule has 0 saturated heterocycles. The molecule has 104 valence electrons. The third-order valence-corrected chi connectivity index (χ3v) is 3.93. The van der Waals surface area contributed by atoms with E-state index in [1.165, 1.54) is 9.88 Å². The van der Waals surface area contributed by atoms with Gasteiger partial charge >= 0.3 is 0 Å². The van der Waals surface area contributed by atoms with E-state index < -0.39 is 0 Å². The third-order valence-electron chi connectivity index (χ3n) is 2.51. The highest BCUT2D eigenvalue weighted by atomic mass is 32.1. The molecule has 0 fully saturated rings. The molecule has 1 aromatic rings. The van der Waals surface area contributed by atoms with Gasteiger partial charge in [-0.3, -0.25) is 0 Å². The molecule has 0 saturated carbocycles. The van der Waals surface area contributed by atoms with E-state index in [4.69, 9.17) is 4.74 Å². The minimum atomic E-state index is -0.380. The monoisotopic (exact) mass is 272 g/mol. The van der Waals surface area contributed by atoms with Crippen LogP contribution in [0.3, 0.4) is 0 Å². The van der Waals surface area contributed by atoms with Crippen LogP contribution in [0, 0.1) is 0 Å². The molecule has 1 unspecified atom stereocenters. The van der Waals surface area contributed by atoms with Gasteiger partial charge in [-0.15, -0.1) is 11.3 Å². The number of hydrogen-bond donors (Lipinski definition) is 2. The quantitative estimate of drug-likeness (QED) is 0.745. The van der Waals surface area contributed by atoms with Gasteiger partial charge in [0.05, 0.1) is 17.7 Å². The van der Waals surface area contributed by atoms with E-state index in [1.807, 2.05) is 6.20 Å². The largest absolute Gasteiger partial charge is 0.391 e. The van der Waals surface area contributed by atoms with Crippen LogP contribution in [0.15, 0.2) is 6.20 Å². The van der Waals surface area contributed by atoms with Crippen LogP contribution < -0.4 is 5.32 Å². The molecule has 0 radical (unpaired) electrons. The van der Waals surface area contributed by atoms with Gasteiger partial charge in [0.25, 0.3) is 0 Å². The summed E-state index contributed by atoms with van der Waals surface area (Å²) in [6.45, 7) is 8.51. The van der Waals surface area contributed by atoms with Crippen molar-refractivity contribution in [3.05, 3.63) is 16.1 Å². The highest BCUT2D eigenvalue weighted by Crippen LogP contribution is 2.26. The highest BCUT2D eigenvalue weighted by Gasteiger charge is 2.17. The van der Waals surface area contributed by atoms with Crippen LogP contribution in [-0.4, -0.2) is 36.5 Å². The molecule has 0 aliphatic heterocycles. The van der Waals surface area contributed by atoms with Gasteiger partial charge in [-0.25, -0.2) is 4.98 Å². The van der Waals surface area contributed by atoms with Crippen LogP contribution in [0.5, 0.6) is 0 Å². The number of hydrogen-bond acceptors (Lipinski definition) is 5. The molecule has 0 amide bonds. The number of thiazole rings is 1. The van der Waals surface area contributed by atoms with Crippen molar-refractivity contribution in [1.82, 2.24) is 10.3 Å². The van der Waals surface area contributed by atoms with Crippen LogP contribution >= 0.6 is 11.3 Å². The molecule has 2 N–H and O–H groups in total. The maximum Gasteiger partial charge on any atom is 0.0981 e. The molecule has 1 aromatic heterocycles. The van der Waals surface area contributed by atoms with Gasteiger partial charge in [0.15, 0.2) is 0 Å². The SMILES string of the molecule is COCC(O)CCNCc1cnc(C(C)(C)C)s1. The number of rotatable bonds is 7. The summed E-state index contributed by atoms with van der Waals surface area (Å²) in [4.78, 5) is 5.68. The molecule has 0 aliphatic rings. The van der Waals surface area contributed by atoms with Gasteiger partial charge in [0.2, 0.25) is 0 Å². The average molecular weight is 272 g/mol. The fraction of sp³-hybridized carbons (Fsp3) is 0.769. The number of aliphatic hydroxyl groups excluding tert-OH is 1. The Hall–Kier alpha value is -0.490. The normalized spacial score (nSPS) is 13.8. The Morgan fingerprint density at radius 2 is 2.22 bits per heavy atom. The van der Waals surface area contributed by atoms with Crippen molar-refractivity contribution in [3.63, 3.8) is 0 Å². The van der Waals surface area contributed by atoms with Gasteiger partial charge in [0.1, 0.15) is 0 Å². The summed E-state index contributed by atoms with van der Waals surface area (Å²) in [5.41, 5.74) is 0.123. The fourth-order valence-electron chi connectivity index (χ4n) is 1.49. The van der Waals surface area contributed by atoms with E-state index in [-0.39, 0.29) is 11.5 Å². The molecular weight excluding hydrogens is 248 g/mol. The van der Waals surface area contributed by atoms with E-state index in [0.29, 0.717) is 13.0 Å². The lowest BCUT2D eigenvalue weighted by atomic mass is 9.98. The molecule has 5 heteroatoms. The summed E-state index contributed by atoms with van der Waals surface area (Å²) in [5, 5.41) is 14.0. The van der Waals surface area contributed by atoms with Gasteiger partial charge in [-0.05, 0) is 13.0 Å². The van der Waals surface area contributed by atoms with Crippen molar-refractivity contribution >= 4 is 11.3 Å². The first kappa shape index (κ1) is 15.6. The number of aromatic nitrogens is 1. The minimum absolute atomic E-state index is 0.123. The van der Waals surface area contributed by atoms with Gasteiger partial charge < -0.3 is 15.2 Å². The zero-order chi connectivity index (χ0) is 13.6. The second-order valence-electron chi connectivity index (χ2n) is 5.46. The van der Waals surface area contributed by atoms with Gasteiger partial charge in [-0.1, -0.05) is 20.8 Å². The molecule has 0 spiro atoms. The van der Waals surface area contributed by atoms with Crippen molar-refractivity contribution in [1.29, 1.82) is 0 Å². The Balaban J connectivity index is 2.26. The molecule has 18 heavy (non-hydrogen) atoms. The molecule has 4 nitrogen and oxygen atoms in total. The Morgan fingerprint density at radius 3 is 2.78 bits per heavy atom. The minimum Gasteiger partial charge on any atom is -0.391 e. The second kappa shape index (κ2) is 7.19.